The summed E-state index contributed by atoms with van der Waals surface area (Å²) in [6.45, 7) is 3.74. The third kappa shape index (κ3) is 7.14. The predicted octanol–water partition coefficient (Wildman–Crippen LogP) is 2.60. The largest absolute Gasteiger partial charge is 0.468 e. The highest BCUT2D eigenvalue weighted by Crippen LogP contribution is 2.46. The highest BCUT2D eigenvalue weighted by atomic mass is 31.2. The molecule has 186 valence electrons. The van der Waals surface area contributed by atoms with Crippen molar-refractivity contribution in [2.24, 2.45) is 5.92 Å². The van der Waals surface area contributed by atoms with Gasteiger partial charge in [0.25, 0.3) is 5.56 Å². The van der Waals surface area contributed by atoms with Gasteiger partial charge in [-0.05, 0) is 37.3 Å². The van der Waals surface area contributed by atoms with E-state index in [4.69, 9.17) is 18.5 Å². The number of aromatic nitrogens is 2. The second-order valence-corrected chi connectivity index (χ2v) is 10.0. The molecule has 1 aromatic carbocycles. The minimum Gasteiger partial charge on any atom is -0.468 e. The van der Waals surface area contributed by atoms with E-state index in [1.807, 2.05) is 13.8 Å². The maximum Gasteiger partial charge on any atom is 0.459 e. The van der Waals surface area contributed by atoms with E-state index in [0.717, 1.165) is 0 Å². The van der Waals surface area contributed by atoms with Crippen LogP contribution in [0.15, 0.2) is 52.2 Å². The first-order chi connectivity index (χ1) is 16.2. The van der Waals surface area contributed by atoms with Gasteiger partial charge in [-0.3, -0.25) is 23.7 Å². The lowest BCUT2D eigenvalue weighted by molar-refractivity contribution is -0.143. The van der Waals surface area contributed by atoms with Gasteiger partial charge in [-0.25, -0.2) is 9.36 Å². The molecule has 1 aromatic heterocycles. The Morgan fingerprint density at radius 2 is 1.97 bits per heavy atom. The lowest BCUT2D eigenvalue weighted by Crippen LogP contribution is -2.38. The molecular weight excluding hydrogens is 465 g/mol. The molecule has 0 radical (unpaired) electrons. The summed E-state index contributed by atoms with van der Waals surface area (Å²) in [4.78, 5) is 37.8. The summed E-state index contributed by atoms with van der Waals surface area (Å²) < 4.78 is 37.1. The summed E-state index contributed by atoms with van der Waals surface area (Å²) in [6, 6.07) is 8.80. The molecule has 0 saturated carbocycles. The number of rotatable bonds is 11. The molecule has 4 atom stereocenters. The van der Waals surface area contributed by atoms with Crippen LogP contribution in [0.4, 0.5) is 0 Å². The number of carbonyl (C=O) groups excluding carboxylic acids is 1. The number of hydrogen-bond acceptors (Lipinski definition) is 8. The number of esters is 1. The fourth-order valence-electron chi connectivity index (χ4n) is 3.57. The van der Waals surface area contributed by atoms with Crippen LogP contribution in [0.5, 0.6) is 5.75 Å². The summed E-state index contributed by atoms with van der Waals surface area (Å²) in [7, 11) is -2.77. The second kappa shape index (κ2) is 11.6. The van der Waals surface area contributed by atoms with Gasteiger partial charge in [0.05, 0.1) is 19.8 Å². The van der Waals surface area contributed by atoms with E-state index in [2.05, 4.69) is 10.1 Å². The zero-order valence-electron chi connectivity index (χ0n) is 19.3. The Balaban J connectivity index is 1.72. The lowest BCUT2D eigenvalue weighted by atomic mass is 10.1. The first kappa shape index (κ1) is 25.9. The topological polar surface area (TPSA) is 138 Å². The fourth-order valence-corrected chi connectivity index (χ4v) is 5.10. The molecule has 0 spiro atoms. The maximum absolute atomic E-state index is 13.7. The van der Waals surface area contributed by atoms with Crippen LogP contribution in [0.1, 0.15) is 39.3 Å². The molecule has 2 N–H and O–H groups in total. The summed E-state index contributed by atoms with van der Waals surface area (Å²) in [5, 5.41) is 2.73. The number of carbonyl (C=O) groups is 1. The minimum absolute atomic E-state index is 0.108. The number of methoxy groups -OCH3 is 1. The molecule has 0 bridgehead atoms. The molecule has 0 amide bonds. The van der Waals surface area contributed by atoms with Crippen LogP contribution >= 0.6 is 7.75 Å². The molecule has 12 heteroatoms. The van der Waals surface area contributed by atoms with Crippen LogP contribution < -0.4 is 20.9 Å². The zero-order valence-corrected chi connectivity index (χ0v) is 20.2. The number of benzene rings is 1. The third-order valence-corrected chi connectivity index (χ3v) is 6.72. The number of H-pyrrole nitrogens is 1. The van der Waals surface area contributed by atoms with Gasteiger partial charge >= 0.3 is 19.4 Å². The molecule has 0 aliphatic carbocycles. The quantitative estimate of drug-likeness (QED) is 0.356. The first-order valence-corrected chi connectivity index (χ1v) is 12.5. The molecule has 1 aliphatic rings. The van der Waals surface area contributed by atoms with Crippen molar-refractivity contribution < 1.29 is 27.9 Å². The number of para-hydroxylation sites is 1. The molecule has 1 unspecified atom stereocenters. The van der Waals surface area contributed by atoms with Crippen molar-refractivity contribution in [3.05, 3.63) is 63.4 Å². The zero-order chi connectivity index (χ0) is 24.7. The third-order valence-electron chi connectivity index (χ3n) is 5.15. The van der Waals surface area contributed by atoms with E-state index >= 15 is 0 Å². The van der Waals surface area contributed by atoms with Gasteiger partial charge in [-0.15, -0.1) is 0 Å². The van der Waals surface area contributed by atoms with E-state index in [9.17, 15) is 18.9 Å². The normalized spacial score (nSPS) is 20.6. The highest BCUT2D eigenvalue weighted by Gasteiger charge is 2.37. The van der Waals surface area contributed by atoms with Crippen LogP contribution in [0.2, 0.25) is 0 Å². The van der Waals surface area contributed by atoms with Crippen molar-refractivity contribution in [3.8, 4) is 5.75 Å². The van der Waals surface area contributed by atoms with Crippen LogP contribution in [-0.4, -0.2) is 41.4 Å². The molecule has 34 heavy (non-hydrogen) atoms. The number of nitrogens with zero attached hydrogens (tertiary/aromatic N) is 1. The first-order valence-electron chi connectivity index (χ1n) is 11.0. The average Bonchev–Trinajstić information content (AvgIpc) is 3.26. The molecular formula is C22H30N3O8P. The fraction of sp³-hybridized carbons (Fsp3) is 0.500. The lowest BCUT2D eigenvalue weighted by Gasteiger charge is -2.26. The van der Waals surface area contributed by atoms with Gasteiger partial charge in [0.1, 0.15) is 18.0 Å². The van der Waals surface area contributed by atoms with Crippen molar-refractivity contribution in [1.29, 1.82) is 0 Å². The Kier molecular flexibility index (Phi) is 8.84. The van der Waals surface area contributed by atoms with Crippen molar-refractivity contribution in [1.82, 2.24) is 14.6 Å². The van der Waals surface area contributed by atoms with Gasteiger partial charge in [-0.2, -0.15) is 5.09 Å². The molecule has 11 nitrogen and oxygen atoms in total. The van der Waals surface area contributed by atoms with Crippen molar-refractivity contribution in [2.45, 2.75) is 51.5 Å². The van der Waals surface area contributed by atoms with Crippen LogP contribution in [-0.2, 0) is 23.4 Å². The van der Waals surface area contributed by atoms with E-state index in [1.165, 1.54) is 23.9 Å². The average molecular weight is 495 g/mol. The number of nitrogens with one attached hydrogen (secondary N) is 2. The SMILES string of the molecule is COC(=O)[C@H](CC(C)C)NP(=O)(OC[C@@H]1CC[C@H](n2ccc(=O)[nH]c2=O)O1)Oc1ccccc1. The Labute approximate surface area is 197 Å². The van der Waals surface area contributed by atoms with Crippen LogP contribution in [0, 0.1) is 5.92 Å². The summed E-state index contributed by atoms with van der Waals surface area (Å²) >= 11 is 0. The van der Waals surface area contributed by atoms with Crippen molar-refractivity contribution in [3.63, 3.8) is 0 Å². The van der Waals surface area contributed by atoms with E-state index in [1.54, 1.807) is 30.3 Å². The Hall–Kier alpha value is -2.72. The van der Waals surface area contributed by atoms with Gasteiger partial charge in [0.15, 0.2) is 0 Å². The standard InChI is InChI=1S/C22H30N3O8P/c1-15(2)13-18(21(27)30-3)24-34(29,33-16-7-5-4-6-8-16)31-14-17-9-10-20(32-17)25-12-11-19(26)23-22(25)28/h4-8,11-12,15,17-18,20H,9-10,13-14H2,1-3H3,(H,24,29)(H,23,26,28)/t17-,18-,20+,34?/m0/s1. The van der Waals surface area contributed by atoms with Gasteiger partial charge in [-0.1, -0.05) is 32.0 Å². The van der Waals surface area contributed by atoms with E-state index in [0.29, 0.717) is 25.0 Å². The second-order valence-electron chi connectivity index (χ2n) is 8.34. The maximum atomic E-state index is 13.7. The van der Waals surface area contributed by atoms with Crippen LogP contribution in [0.25, 0.3) is 0 Å². The van der Waals surface area contributed by atoms with Gasteiger partial charge in [0.2, 0.25) is 0 Å². The Morgan fingerprint density at radius 1 is 1.24 bits per heavy atom. The Bertz CT molecular complexity index is 1120. The smallest absolute Gasteiger partial charge is 0.459 e. The summed E-state index contributed by atoms with van der Waals surface area (Å²) in [6.07, 6.45) is 1.66. The number of hydrogen-bond donors (Lipinski definition) is 2. The minimum atomic E-state index is -4.03. The predicted molar refractivity (Wildman–Crippen MR) is 123 cm³/mol. The van der Waals surface area contributed by atoms with E-state index in [-0.39, 0.29) is 12.5 Å². The molecule has 3 rings (SSSR count). The highest BCUT2D eigenvalue weighted by molar-refractivity contribution is 7.52. The Morgan fingerprint density at radius 3 is 2.62 bits per heavy atom. The number of ether oxygens (including phenoxy) is 2. The molecule has 1 saturated heterocycles. The van der Waals surface area contributed by atoms with Crippen molar-refractivity contribution in [2.75, 3.05) is 13.7 Å². The van der Waals surface area contributed by atoms with Crippen LogP contribution in [0.3, 0.4) is 0 Å². The van der Waals surface area contributed by atoms with Crippen molar-refractivity contribution >= 4 is 13.7 Å². The molecule has 2 aromatic rings. The molecule has 2 heterocycles. The van der Waals surface area contributed by atoms with Gasteiger partial charge in [0, 0.05) is 12.3 Å². The van der Waals surface area contributed by atoms with E-state index < -0.39 is 43.3 Å². The summed E-state index contributed by atoms with van der Waals surface area (Å²) in [5.41, 5.74) is -1.07. The molecule has 1 fully saturated rings. The number of aromatic amines is 1. The monoisotopic (exact) mass is 495 g/mol. The van der Waals surface area contributed by atoms with Gasteiger partial charge < -0.3 is 14.0 Å². The summed E-state index contributed by atoms with van der Waals surface area (Å²) in [5.74, 6) is -0.170. The molecule has 1 aliphatic heterocycles.